The fraction of sp³-hybridized carbons (Fsp3) is 0. The Morgan fingerprint density at radius 2 is 2.07 bits per heavy atom. The van der Waals surface area contributed by atoms with Gasteiger partial charge in [0.15, 0.2) is 4.67 Å². The number of hydrogen-bond acceptors (Lipinski definition) is 3. The van der Waals surface area contributed by atoms with Crippen LogP contribution in [0.2, 0.25) is 0 Å². The molecule has 0 aromatic carbocycles. The minimum absolute atomic E-state index is 0.0619. The summed E-state index contributed by atoms with van der Waals surface area (Å²) in [6, 6.07) is 7.04. The molecule has 0 amide bonds. The lowest BCUT2D eigenvalue weighted by atomic mass is 10.3. The van der Waals surface area contributed by atoms with Crippen molar-refractivity contribution in [2.24, 2.45) is 0 Å². The Morgan fingerprint density at radius 3 is 2.57 bits per heavy atom. The molecule has 1 aromatic heterocycles. The van der Waals surface area contributed by atoms with E-state index in [2.05, 4.69) is 15.9 Å². The van der Waals surface area contributed by atoms with Gasteiger partial charge in [-0.2, -0.15) is 10.5 Å². The van der Waals surface area contributed by atoms with Crippen molar-refractivity contribution in [1.82, 2.24) is 0 Å². The molecule has 68 valence electrons. The minimum Gasteiger partial charge on any atom is -0.450 e. The van der Waals surface area contributed by atoms with Gasteiger partial charge in [-0.15, -0.1) is 0 Å². The van der Waals surface area contributed by atoms with Gasteiger partial charge in [0.05, 0.1) is 0 Å². The molecule has 0 spiro atoms. The molecule has 0 aliphatic carbocycles. The summed E-state index contributed by atoms with van der Waals surface area (Å²) in [6.07, 6.45) is 4.68. The SMILES string of the molecule is N#CC(C#N)=C/C=C/c1ccc(Br)o1. The van der Waals surface area contributed by atoms with Gasteiger partial charge in [-0.1, -0.05) is 6.08 Å². The first-order valence-corrected chi connectivity index (χ1v) is 4.49. The molecule has 1 aromatic rings. The maximum Gasteiger partial charge on any atom is 0.169 e. The molecule has 3 nitrogen and oxygen atoms in total. The Kier molecular flexibility index (Phi) is 3.72. The van der Waals surface area contributed by atoms with Crippen molar-refractivity contribution in [2.45, 2.75) is 0 Å². The molecule has 0 N–H and O–H groups in total. The van der Waals surface area contributed by atoms with E-state index >= 15 is 0 Å². The maximum atomic E-state index is 8.42. The molecule has 1 heterocycles. The van der Waals surface area contributed by atoms with E-state index in [0.717, 1.165) is 0 Å². The Balaban J connectivity index is 2.72. The largest absolute Gasteiger partial charge is 0.450 e. The van der Waals surface area contributed by atoms with Crippen LogP contribution in [-0.4, -0.2) is 0 Å². The summed E-state index contributed by atoms with van der Waals surface area (Å²) >= 11 is 3.16. The lowest BCUT2D eigenvalue weighted by Crippen LogP contribution is -1.67. The molecule has 0 bridgehead atoms. The molecule has 4 heteroatoms. The van der Waals surface area contributed by atoms with Gasteiger partial charge in [-0.25, -0.2) is 0 Å². The third-order valence-electron chi connectivity index (χ3n) is 1.36. The number of hydrogen-bond donors (Lipinski definition) is 0. The van der Waals surface area contributed by atoms with Crippen LogP contribution in [0.4, 0.5) is 0 Å². The first-order chi connectivity index (χ1) is 6.76. The van der Waals surface area contributed by atoms with Gasteiger partial charge in [0.25, 0.3) is 0 Å². The van der Waals surface area contributed by atoms with Crippen LogP contribution in [0.15, 0.2) is 38.9 Å². The van der Waals surface area contributed by atoms with E-state index < -0.39 is 0 Å². The van der Waals surface area contributed by atoms with Crippen molar-refractivity contribution in [3.05, 3.63) is 40.3 Å². The second-order valence-corrected chi connectivity index (χ2v) is 3.09. The van der Waals surface area contributed by atoms with Crippen LogP contribution in [0, 0.1) is 22.7 Å². The van der Waals surface area contributed by atoms with Crippen molar-refractivity contribution in [2.75, 3.05) is 0 Å². The average Bonchev–Trinajstić information content (AvgIpc) is 2.59. The van der Waals surface area contributed by atoms with Gasteiger partial charge >= 0.3 is 0 Å². The Morgan fingerprint density at radius 1 is 1.36 bits per heavy atom. The second kappa shape index (κ2) is 5.06. The molecule has 0 fully saturated rings. The van der Waals surface area contributed by atoms with Crippen LogP contribution in [0.3, 0.4) is 0 Å². The summed E-state index contributed by atoms with van der Waals surface area (Å²) in [5.41, 5.74) is 0.0619. The second-order valence-electron chi connectivity index (χ2n) is 2.30. The van der Waals surface area contributed by atoms with Crippen LogP contribution in [0.25, 0.3) is 6.08 Å². The van der Waals surface area contributed by atoms with Crippen molar-refractivity contribution in [3.8, 4) is 12.1 Å². The molecule has 0 aliphatic heterocycles. The highest BCUT2D eigenvalue weighted by Crippen LogP contribution is 2.15. The van der Waals surface area contributed by atoms with Crippen molar-refractivity contribution < 1.29 is 4.42 Å². The predicted molar refractivity (Wildman–Crippen MR) is 54.8 cm³/mol. The van der Waals surface area contributed by atoms with E-state index in [1.807, 2.05) is 0 Å². The minimum atomic E-state index is 0.0619. The van der Waals surface area contributed by atoms with E-state index in [1.54, 1.807) is 36.4 Å². The van der Waals surface area contributed by atoms with Gasteiger partial charge in [0.1, 0.15) is 23.5 Å². The molecule has 0 aliphatic rings. The summed E-state index contributed by atoms with van der Waals surface area (Å²) in [4.78, 5) is 0. The van der Waals surface area contributed by atoms with E-state index in [1.165, 1.54) is 6.08 Å². The molecule has 0 radical (unpaired) electrons. The van der Waals surface area contributed by atoms with Crippen LogP contribution in [0.1, 0.15) is 5.76 Å². The molecular formula is C10H5BrN2O. The lowest BCUT2D eigenvalue weighted by Gasteiger charge is -1.81. The highest BCUT2D eigenvalue weighted by Gasteiger charge is 1.93. The highest BCUT2D eigenvalue weighted by atomic mass is 79.9. The number of furan rings is 1. The molecular weight excluding hydrogens is 244 g/mol. The Labute approximate surface area is 89.7 Å². The number of nitriles is 2. The third-order valence-corrected chi connectivity index (χ3v) is 1.78. The fourth-order valence-corrected chi connectivity index (χ4v) is 1.08. The van der Waals surface area contributed by atoms with Crippen molar-refractivity contribution in [1.29, 1.82) is 10.5 Å². The van der Waals surface area contributed by atoms with Crippen LogP contribution in [-0.2, 0) is 0 Å². The number of allylic oxidation sites excluding steroid dienone is 3. The quantitative estimate of drug-likeness (QED) is 0.597. The van der Waals surface area contributed by atoms with Crippen molar-refractivity contribution >= 4 is 22.0 Å². The van der Waals surface area contributed by atoms with Crippen molar-refractivity contribution in [3.63, 3.8) is 0 Å². The standard InChI is InChI=1S/C10H5BrN2O/c11-10-5-4-9(14-10)3-1-2-8(6-12)7-13/h1-5H/b3-1+. The smallest absolute Gasteiger partial charge is 0.169 e. The van der Waals surface area contributed by atoms with Gasteiger partial charge in [-0.3, -0.25) is 0 Å². The van der Waals surface area contributed by atoms with Crippen LogP contribution in [0.5, 0.6) is 0 Å². The predicted octanol–water partition coefficient (Wildman–Crippen LogP) is 3.03. The van der Waals surface area contributed by atoms with E-state index in [9.17, 15) is 0 Å². The molecule has 0 saturated carbocycles. The zero-order chi connectivity index (χ0) is 10.4. The van der Waals surface area contributed by atoms with E-state index in [4.69, 9.17) is 14.9 Å². The van der Waals surface area contributed by atoms with Gasteiger partial charge < -0.3 is 4.42 Å². The Hall–Kier alpha value is -1.78. The average molecular weight is 249 g/mol. The van der Waals surface area contributed by atoms with Gasteiger partial charge in [0.2, 0.25) is 0 Å². The van der Waals surface area contributed by atoms with E-state index in [-0.39, 0.29) is 5.57 Å². The molecule has 0 saturated heterocycles. The number of nitrogens with zero attached hydrogens (tertiary/aromatic N) is 2. The summed E-state index contributed by atoms with van der Waals surface area (Å²) in [6.45, 7) is 0. The molecule has 0 unspecified atom stereocenters. The topological polar surface area (TPSA) is 60.7 Å². The molecule has 0 atom stereocenters. The number of rotatable bonds is 2. The summed E-state index contributed by atoms with van der Waals surface area (Å²) in [5, 5.41) is 16.8. The summed E-state index contributed by atoms with van der Waals surface area (Å²) in [5.74, 6) is 0.656. The zero-order valence-electron chi connectivity index (χ0n) is 7.07. The summed E-state index contributed by atoms with van der Waals surface area (Å²) in [7, 11) is 0. The van der Waals surface area contributed by atoms with Crippen LogP contribution >= 0.6 is 15.9 Å². The summed E-state index contributed by atoms with van der Waals surface area (Å²) < 4.78 is 5.81. The van der Waals surface area contributed by atoms with Gasteiger partial charge in [-0.05, 0) is 40.2 Å². The Bertz CT molecular complexity index is 441. The highest BCUT2D eigenvalue weighted by molar-refractivity contribution is 9.10. The third kappa shape index (κ3) is 2.93. The van der Waals surface area contributed by atoms with Crippen LogP contribution < -0.4 is 0 Å². The first kappa shape index (κ1) is 10.3. The molecule has 14 heavy (non-hydrogen) atoms. The monoisotopic (exact) mass is 248 g/mol. The molecule has 1 rings (SSSR count). The number of halogens is 1. The normalized spacial score (nSPS) is 9.36. The van der Waals surface area contributed by atoms with E-state index in [0.29, 0.717) is 10.4 Å². The zero-order valence-corrected chi connectivity index (χ0v) is 8.65. The lowest BCUT2D eigenvalue weighted by molar-refractivity contribution is 0.531. The van der Waals surface area contributed by atoms with Gasteiger partial charge in [0, 0.05) is 0 Å². The fourth-order valence-electron chi connectivity index (χ4n) is 0.757. The maximum absolute atomic E-state index is 8.42. The first-order valence-electron chi connectivity index (χ1n) is 3.70.